The number of unbranched alkanes of at least 4 members (excludes halogenated alkanes) is 1. The summed E-state index contributed by atoms with van der Waals surface area (Å²) in [6, 6.07) is 11.1. The number of amides is 1. The Balaban J connectivity index is 1.55. The lowest BCUT2D eigenvalue weighted by Gasteiger charge is -2.11. The van der Waals surface area contributed by atoms with Crippen LogP contribution in [0.4, 0.5) is 5.82 Å². The number of hydrogen-bond donors (Lipinski definition) is 2. The van der Waals surface area contributed by atoms with Crippen LogP contribution in [0.5, 0.6) is 0 Å². The van der Waals surface area contributed by atoms with Gasteiger partial charge in [-0.15, -0.1) is 0 Å². The largest absolute Gasteiger partial charge is 0.382 e. The number of halogens is 2. The minimum Gasteiger partial charge on any atom is -0.382 e. The van der Waals surface area contributed by atoms with Gasteiger partial charge in [-0.1, -0.05) is 41.4 Å². The van der Waals surface area contributed by atoms with Crippen molar-refractivity contribution < 1.29 is 4.79 Å². The molecule has 0 saturated heterocycles. The fourth-order valence-electron chi connectivity index (χ4n) is 3.63. The van der Waals surface area contributed by atoms with E-state index in [-0.39, 0.29) is 0 Å². The first-order valence-corrected chi connectivity index (χ1v) is 9.98. The topological polar surface area (TPSA) is 99.8 Å². The smallest absolute Gasteiger partial charge is 0.249 e. The van der Waals surface area contributed by atoms with E-state index in [4.69, 9.17) is 34.7 Å². The molecule has 0 atom stereocenters. The first-order valence-electron chi connectivity index (χ1n) is 9.23. The third-order valence-corrected chi connectivity index (χ3v) is 5.86. The number of anilines is 1. The number of imidazole rings is 1. The average Bonchev–Trinajstić information content (AvgIpc) is 3.13. The van der Waals surface area contributed by atoms with Gasteiger partial charge in [0.15, 0.2) is 5.82 Å². The fourth-order valence-corrected chi connectivity index (χ4v) is 4.06. The zero-order valence-corrected chi connectivity index (χ0v) is 17.0. The first-order chi connectivity index (χ1) is 14.0. The Morgan fingerprint density at radius 2 is 1.90 bits per heavy atom. The lowest BCUT2D eigenvalue weighted by molar-refractivity contribution is 0.0999. The van der Waals surface area contributed by atoms with Crippen LogP contribution >= 0.6 is 23.2 Å². The Kier molecular flexibility index (Phi) is 5.30. The number of benzene rings is 2. The number of nitrogens with two attached hydrogens (primary N) is 2. The second-order valence-corrected chi connectivity index (χ2v) is 7.64. The van der Waals surface area contributed by atoms with Crippen LogP contribution in [0.15, 0.2) is 42.7 Å². The molecule has 0 aliphatic heterocycles. The molecule has 0 radical (unpaired) electrons. The second-order valence-electron chi connectivity index (χ2n) is 6.86. The molecule has 0 aliphatic carbocycles. The molecule has 8 heteroatoms. The Morgan fingerprint density at radius 3 is 2.69 bits per heavy atom. The van der Waals surface area contributed by atoms with Gasteiger partial charge >= 0.3 is 0 Å². The summed E-state index contributed by atoms with van der Waals surface area (Å²) in [7, 11) is 0. The summed E-state index contributed by atoms with van der Waals surface area (Å²) < 4.78 is 2.09. The molecule has 0 fully saturated rings. The highest BCUT2D eigenvalue weighted by molar-refractivity contribution is 6.42. The van der Waals surface area contributed by atoms with E-state index in [0.717, 1.165) is 35.8 Å². The number of aromatic nitrogens is 3. The molecule has 2 aromatic heterocycles. The molecule has 0 bridgehead atoms. The van der Waals surface area contributed by atoms with Gasteiger partial charge in [0.2, 0.25) is 5.91 Å². The third-order valence-electron chi connectivity index (χ3n) is 5.02. The van der Waals surface area contributed by atoms with Crippen LogP contribution in [0, 0.1) is 0 Å². The summed E-state index contributed by atoms with van der Waals surface area (Å²) in [5.74, 6) is -0.0807. The number of hydrogen-bond acceptors (Lipinski definition) is 4. The molecule has 0 unspecified atom stereocenters. The lowest BCUT2D eigenvalue weighted by atomic mass is 10.0. The molecule has 0 spiro atoms. The molecule has 148 valence electrons. The maximum Gasteiger partial charge on any atom is 0.249 e. The molecule has 4 rings (SSSR count). The number of para-hydroxylation sites is 1. The van der Waals surface area contributed by atoms with Gasteiger partial charge in [-0.2, -0.15) is 0 Å². The van der Waals surface area contributed by atoms with Crippen LogP contribution < -0.4 is 11.5 Å². The van der Waals surface area contributed by atoms with E-state index in [0.29, 0.717) is 38.9 Å². The van der Waals surface area contributed by atoms with Crippen LogP contribution in [0.3, 0.4) is 0 Å². The van der Waals surface area contributed by atoms with Gasteiger partial charge in [0.05, 0.1) is 27.4 Å². The number of rotatable bonds is 6. The summed E-state index contributed by atoms with van der Waals surface area (Å²) in [5.41, 5.74) is 15.2. The Hall–Kier alpha value is -2.83. The molecular formula is C21H19Cl2N5O. The van der Waals surface area contributed by atoms with Gasteiger partial charge in [0.1, 0.15) is 5.52 Å². The van der Waals surface area contributed by atoms with Gasteiger partial charge in [0, 0.05) is 17.5 Å². The van der Waals surface area contributed by atoms with Crippen LogP contribution in [-0.2, 0) is 13.0 Å². The number of carbonyl (C=O) groups is 1. The molecule has 0 aliphatic rings. The van der Waals surface area contributed by atoms with Gasteiger partial charge in [-0.25, -0.2) is 9.97 Å². The molecule has 2 aromatic carbocycles. The van der Waals surface area contributed by atoms with Crippen molar-refractivity contribution in [2.45, 2.75) is 25.8 Å². The van der Waals surface area contributed by atoms with Crippen molar-refractivity contribution in [3.63, 3.8) is 0 Å². The second kappa shape index (κ2) is 7.89. The molecule has 6 nitrogen and oxygen atoms in total. The van der Waals surface area contributed by atoms with Gasteiger partial charge in [-0.05, 0) is 43.0 Å². The number of nitrogens with zero attached hydrogens (tertiary/aromatic N) is 3. The van der Waals surface area contributed by atoms with Gasteiger partial charge in [-0.3, -0.25) is 4.79 Å². The van der Waals surface area contributed by atoms with Crippen molar-refractivity contribution in [2.75, 3.05) is 5.73 Å². The van der Waals surface area contributed by atoms with Crippen molar-refractivity contribution in [1.29, 1.82) is 0 Å². The average molecular weight is 428 g/mol. The predicted octanol–water partition coefficient (Wildman–Crippen LogP) is 4.60. The zero-order valence-electron chi connectivity index (χ0n) is 15.5. The van der Waals surface area contributed by atoms with Crippen LogP contribution in [0.25, 0.3) is 21.9 Å². The van der Waals surface area contributed by atoms with Crippen molar-refractivity contribution in [3.05, 3.63) is 63.9 Å². The normalized spacial score (nSPS) is 11.4. The molecule has 4 N–H and O–H groups in total. The Bertz CT molecular complexity index is 1230. The monoisotopic (exact) mass is 427 g/mol. The maximum atomic E-state index is 11.7. The quantitative estimate of drug-likeness (QED) is 0.439. The van der Waals surface area contributed by atoms with E-state index in [2.05, 4.69) is 14.5 Å². The molecule has 4 aromatic rings. The third kappa shape index (κ3) is 3.61. The van der Waals surface area contributed by atoms with Crippen molar-refractivity contribution in [3.8, 4) is 0 Å². The summed E-state index contributed by atoms with van der Waals surface area (Å²) in [4.78, 5) is 20.6. The number of fused-ring (bicyclic) bond motifs is 3. The number of primary amides is 1. The van der Waals surface area contributed by atoms with Crippen LogP contribution in [0.1, 0.15) is 28.8 Å². The SMILES string of the molecule is NC(=O)c1ccc(Cl)c(Cl)c1CCCCn1cnc2c(N)nc3ccccc3c21. The molecule has 1 amide bonds. The van der Waals surface area contributed by atoms with Gasteiger partial charge in [0.25, 0.3) is 0 Å². The number of carbonyl (C=O) groups excluding carboxylic acids is 1. The minimum atomic E-state index is -0.506. The Labute approximate surface area is 177 Å². The summed E-state index contributed by atoms with van der Waals surface area (Å²) in [6.45, 7) is 0.744. The molecular weight excluding hydrogens is 409 g/mol. The van der Waals surface area contributed by atoms with E-state index >= 15 is 0 Å². The lowest BCUT2D eigenvalue weighted by Crippen LogP contribution is -2.14. The highest BCUT2D eigenvalue weighted by Crippen LogP contribution is 2.30. The van der Waals surface area contributed by atoms with E-state index in [1.807, 2.05) is 24.3 Å². The van der Waals surface area contributed by atoms with Gasteiger partial charge < -0.3 is 16.0 Å². The summed E-state index contributed by atoms with van der Waals surface area (Å²) in [5, 5.41) is 1.82. The van der Waals surface area contributed by atoms with Crippen LogP contribution in [-0.4, -0.2) is 20.4 Å². The molecule has 0 saturated carbocycles. The highest BCUT2D eigenvalue weighted by atomic mass is 35.5. The van der Waals surface area contributed by atoms with E-state index < -0.39 is 5.91 Å². The van der Waals surface area contributed by atoms with E-state index in [9.17, 15) is 4.79 Å². The summed E-state index contributed by atoms with van der Waals surface area (Å²) >= 11 is 12.4. The van der Waals surface area contributed by atoms with Crippen molar-refractivity contribution in [2.24, 2.45) is 5.73 Å². The molecule has 2 heterocycles. The standard InChI is InChI=1S/C21H19Cl2N5O/c22-15-9-8-13(21(25)29)12(17(15)23)5-3-4-10-28-11-26-18-19(28)14-6-1-2-7-16(14)27-20(18)24/h1-2,6-9,11H,3-5,10H2,(H2,24,27)(H2,25,29). The number of aryl methyl sites for hydroxylation is 1. The predicted molar refractivity (Wildman–Crippen MR) is 117 cm³/mol. The summed E-state index contributed by atoms with van der Waals surface area (Å²) in [6.07, 6.45) is 4.05. The Morgan fingerprint density at radius 1 is 1.10 bits per heavy atom. The van der Waals surface area contributed by atoms with Crippen molar-refractivity contribution in [1.82, 2.24) is 14.5 Å². The number of nitrogen functional groups attached to an aromatic ring is 1. The zero-order chi connectivity index (χ0) is 20.5. The fraction of sp³-hybridized carbons (Fsp3) is 0.190. The molecule has 29 heavy (non-hydrogen) atoms. The van der Waals surface area contributed by atoms with Crippen molar-refractivity contribution >= 4 is 56.9 Å². The van der Waals surface area contributed by atoms with Crippen LogP contribution in [0.2, 0.25) is 10.0 Å². The van der Waals surface area contributed by atoms with E-state index in [1.165, 1.54) is 0 Å². The number of pyridine rings is 1. The first kappa shape index (κ1) is 19.5. The minimum absolute atomic E-state index is 0.390. The van der Waals surface area contributed by atoms with E-state index in [1.54, 1.807) is 18.5 Å². The maximum absolute atomic E-state index is 11.7. The highest BCUT2D eigenvalue weighted by Gasteiger charge is 2.15.